The highest BCUT2D eigenvalue weighted by Crippen LogP contribution is 2.25. The Morgan fingerprint density at radius 1 is 1.00 bits per heavy atom. The number of nitrogens with zero attached hydrogens (tertiary/aromatic N) is 1. The number of carbonyl (C=O) groups is 2. The van der Waals surface area contributed by atoms with Crippen molar-refractivity contribution in [1.82, 2.24) is 10.2 Å². The fourth-order valence-electron chi connectivity index (χ4n) is 4.20. The van der Waals surface area contributed by atoms with Crippen molar-refractivity contribution in [3.8, 4) is 0 Å². The first-order valence-electron chi connectivity index (χ1n) is 10.8. The monoisotopic (exact) mass is 386 g/mol. The maximum atomic E-state index is 12.4. The fraction of sp³-hybridized carbons (Fsp3) is 0.636. The second-order valence-corrected chi connectivity index (χ2v) is 8.23. The average molecular weight is 387 g/mol. The van der Waals surface area contributed by atoms with Crippen LogP contribution >= 0.6 is 0 Å². The van der Waals surface area contributed by atoms with Crippen molar-refractivity contribution < 1.29 is 9.59 Å². The van der Waals surface area contributed by atoms with E-state index in [-0.39, 0.29) is 11.9 Å². The summed E-state index contributed by atoms with van der Waals surface area (Å²) in [4.78, 5) is 26.7. The third-order valence-corrected chi connectivity index (χ3v) is 6.01. The maximum absolute atomic E-state index is 12.4. The summed E-state index contributed by atoms with van der Waals surface area (Å²) in [6, 6.07) is 7.37. The lowest BCUT2D eigenvalue weighted by atomic mass is 9.84. The minimum atomic E-state index is -0.0329. The van der Waals surface area contributed by atoms with E-state index in [4.69, 9.17) is 0 Å². The Bertz CT molecular complexity index is 632. The molecule has 1 aromatic carbocycles. The molecule has 2 heterocycles. The number of anilines is 2. The molecule has 1 atom stereocenters. The molecule has 3 amide bonds. The molecule has 3 rings (SSSR count). The van der Waals surface area contributed by atoms with Crippen LogP contribution in [0, 0.1) is 11.8 Å². The number of amides is 3. The van der Waals surface area contributed by atoms with Gasteiger partial charge in [-0.2, -0.15) is 0 Å². The quantitative estimate of drug-likeness (QED) is 0.714. The van der Waals surface area contributed by atoms with Gasteiger partial charge in [0.2, 0.25) is 5.91 Å². The van der Waals surface area contributed by atoms with Crippen molar-refractivity contribution in [2.75, 3.05) is 36.8 Å². The van der Waals surface area contributed by atoms with Crippen LogP contribution in [0.1, 0.15) is 51.9 Å². The third kappa shape index (κ3) is 6.23. The molecule has 2 fully saturated rings. The van der Waals surface area contributed by atoms with Crippen LogP contribution in [-0.4, -0.2) is 43.0 Å². The van der Waals surface area contributed by atoms with E-state index in [0.717, 1.165) is 63.2 Å². The SMILES string of the molecule is CC(CC(=O)Nc1ccc(NC(=O)N2CCCCCC2)cc1)C1CCNCC1. The second kappa shape index (κ2) is 10.5. The van der Waals surface area contributed by atoms with Gasteiger partial charge in [-0.05, 0) is 74.9 Å². The molecule has 0 bridgehead atoms. The van der Waals surface area contributed by atoms with Crippen molar-refractivity contribution in [2.45, 2.75) is 51.9 Å². The summed E-state index contributed by atoms with van der Waals surface area (Å²) >= 11 is 0. The summed E-state index contributed by atoms with van der Waals surface area (Å²) < 4.78 is 0. The molecule has 6 heteroatoms. The molecular formula is C22H34N4O2. The van der Waals surface area contributed by atoms with E-state index in [1.54, 1.807) is 0 Å². The fourth-order valence-corrected chi connectivity index (χ4v) is 4.20. The van der Waals surface area contributed by atoms with Gasteiger partial charge in [-0.1, -0.05) is 19.8 Å². The molecule has 154 valence electrons. The number of benzene rings is 1. The zero-order chi connectivity index (χ0) is 19.8. The molecule has 1 aromatic rings. The number of carbonyl (C=O) groups excluding carboxylic acids is 2. The molecular weight excluding hydrogens is 352 g/mol. The number of rotatable bonds is 5. The molecule has 0 radical (unpaired) electrons. The van der Waals surface area contributed by atoms with Crippen LogP contribution in [0.3, 0.4) is 0 Å². The first-order chi connectivity index (χ1) is 13.6. The van der Waals surface area contributed by atoms with Crippen molar-refractivity contribution in [3.05, 3.63) is 24.3 Å². The number of piperidine rings is 1. The molecule has 2 saturated heterocycles. The summed E-state index contributed by atoms with van der Waals surface area (Å²) in [7, 11) is 0. The van der Waals surface area contributed by atoms with E-state index in [9.17, 15) is 9.59 Å². The predicted molar refractivity (Wildman–Crippen MR) is 114 cm³/mol. The maximum Gasteiger partial charge on any atom is 0.321 e. The molecule has 28 heavy (non-hydrogen) atoms. The van der Waals surface area contributed by atoms with Crippen molar-refractivity contribution in [2.24, 2.45) is 11.8 Å². The third-order valence-electron chi connectivity index (χ3n) is 6.01. The lowest BCUT2D eigenvalue weighted by molar-refractivity contribution is -0.117. The summed E-state index contributed by atoms with van der Waals surface area (Å²) in [5, 5.41) is 9.32. The van der Waals surface area contributed by atoms with E-state index >= 15 is 0 Å². The van der Waals surface area contributed by atoms with Crippen molar-refractivity contribution >= 4 is 23.3 Å². The Morgan fingerprint density at radius 2 is 1.57 bits per heavy atom. The highest BCUT2D eigenvalue weighted by molar-refractivity contribution is 5.92. The lowest BCUT2D eigenvalue weighted by Gasteiger charge is -2.27. The molecule has 2 aliphatic rings. The highest BCUT2D eigenvalue weighted by atomic mass is 16.2. The van der Waals surface area contributed by atoms with Crippen LogP contribution < -0.4 is 16.0 Å². The summed E-state index contributed by atoms with van der Waals surface area (Å²) in [6.45, 7) is 5.95. The Morgan fingerprint density at radius 3 is 2.18 bits per heavy atom. The van der Waals surface area contributed by atoms with Crippen LogP contribution in [0.4, 0.5) is 16.2 Å². The van der Waals surface area contributed by atoms with E-state index in [0.29, 0.717) is 18.3 Å². The molecule has 0 aliphatic carbocycles. The zero-order valence-electron chi connectivity index (χ0n) is 17.0. The number of likely N-dealkylation sites (tertiary alicyclic amines) is 1. The minimum absolute atomic E-state index is 0.0329. The molecule has 0 aromatic heterocycles. The zero-order valence-corrected chi connectivity index (χ0v) is 17.0. The van der Waals surface area contributed by atoms with Gasteiger partial charge in [0, 0.05) is 30.9 Å². The number of urea groups is 1. The van der Waals surface area contributed by atoms with E-state index in [2.05, 4.69) is 22.9 Å². The topological polar surface area (TPSA) is 73.5 Å². The largest absolute Gasteiger partial charge is 0.326 e. The number of nitrogens with one attached hydrogen (secondary N) is 3. The summed E-state index contributed by atoms with van der Waals surface area (Å²) in [5.74, 6) is 1.09. The molecule has 0 saturated carbocycles. The van der Waals surface area contributed by atoms with Gasteiger partial charge >= 0.3 is 6.03 Å². The molecule has 3 N–H and O–H groups in total. The standard InChI is InChI=1S/C22H34N4O2/c1-17(18-10-12-23-13-11-18)16-21(27)24-19-6-8-20(9-7-19)25-22(28)26-14-4-2-3-5-15-26/h6-9,17-18,23H,2-5,10-16H2,1H3,(H,24,27)(H,25,28). The van der Waals surface area contributed by atoms with Crippen molar-refractivity contribution in [3.63, 3.8) is 0 Å². The Hall–Kier alpha value is -2.08. The van der Waals surface area contributed by atoms with Crippen LogP contribution in [0.2, 0.25) is 0 Å². The van der Waals surface area contributed by atoms with Gasteiger partial charge in [0.15, 0.2) is 0 Å². The van der Waals surface area contributed by atoms with Crippen LogP contribution in [0.15, 0.2) is 24.3 Å². The summed E-state index contributed by atoms with van der Waals surface area (Å²) in [6.07, 6.45) is 7.42. The highest BCUT2D eigenvalue weighted by Gasteiger charge is 2.22. The van der Waals surface area contributed by atoms with E-state index in [1.807, 2.05) is 29.2 Å². The van der Waals surface area contributed by atoms with Gasteiger partial charge in [-0.15, -0.1) is 0 Å². The first kappa shape index (κ1) is 20.6. The van der Waals surface area contributed by atoms with Crippen molar-refractivity contribution in [1.29, 1.82) is 0 Å². The van der Waals surface area contributed by atoms with Crippen LogP contribution in [0.25, 0.3) is 0 Å². The lowest BCUT2D eigenvalue weighted by Crippen LogP contribution is -2.35. The predicted octanol–water partition coefficient (Wildman–Crippen LogP) is 4.06. The van der Waals surface area contributed by atoms with Gasteiger partial charge in [0.1, 0.15) is 0 Å². The minimum Gasteiger partial charge on any atom is -0.326 e. The number of hydrogen-bond donors (Lipinski definition) is 3. The Balaban J connectivity index is 1.45. The smallest absolute Gasteiger partial charge is 0.321 e. The Kier molecular flexibility index (Phi) is 7.71. The van der Waals surface area contributed by atoms with Gasteiger partial charge in [0.25, 0.3) is 0 Å². The molecule has 6 nitrogen and oxygen atoms in total. The van der Waals surface area contributed by atoms with Crippen LogP contribution in [0.5, 0.6) is 0 Å². The van der Waals surface area contributed by atoms with Crippen LogP contribution in [-0.2, 0) is 4.79 Å². The van der Waals surface area contributed by atoms with E-state index in [1.165, 1.54) is 12.8 Å². The molecule has 1 unspecified atom stereocenters. The number of hydrogen-bond acceptors (Lipinski definition) is 3. The normalized spacial score (nSPS) is 19.5. The molecule has 0 spiro atoms. The second-order valence-electron chi connectivity index (χ2n) is 8.23. The van der Waals surface area contributed by atoms with Gasteiger partial charge in [-0.25, -0.2) is 4.79 Å². The van der Waals surface area contributed by atoms with E-state index < -0.39 is 0 Å². The first-order valence-corrected chi connectivity index (χ1v) is 10.8. The molecule has 2 aliphatic heterocycles. The summed E-state index contributed by atoms with van der Waals surface area (Å²) in [5.41, 5.74) is 1.53. The Labute approximate surface area is 168 Å². The van der Waals surface area contributed by atoms with Gasteiger partial charge < -0.3 is 20.9 Å². The van der Waals surface area contributed by atoms with Gasteiger partial charge in [0.05, 0.1) is 0 Å². The average Bonchev–Trinajstić information content (AvgIpc) is 3.00. The van der Waals surface area contributed by atoms with Gasteiger partial charge in [-0.3, -0.25) is 4.79 Å².